The van der Waals surface area contributed by atoms with Gasteiger partial charge in [-0.2, -0.15) is 0 Å². The molecule has 2 atom stereocenters. The van der Waals surface area contributed by atoms with E-state index in [-0.39, 0.29) is 23.0 Å². The first kappa shape index (κ1) is 36.0. The fourth-order valence-corrected chi connectivity index (χ4v) is 9.79. The van der Waals surface area contributed by atoms with Crippen molar-refractivity contribution in [3.05, 3.63) is 221 Å². The molecule has 0 aromatic heterocycles. The third-order valence-electron chi connectivity index (χ3n) is 13.0. The van der Waals surface area contributed by atoms with Gasteiger partial charge in [-0.05, 0) is 118 Å². The van der Waals surface area contributed by atoms with Gasteiger partial charge in [-0.3, -0.25) is 5.32 Å². The number of hydrogen-bond acceptors (Lipinski definition) is 2. The molecule has 0 fully saturated rings. The molecule has 2 aliphatic carbocycles. The van der Waals surface area contributed by atoms with E-state index < -0.39 is 0 Å². The topological polar surface area (TPSA) is 38.0 Å². The van der Waals surface area contributed by atoms with Crippen LogP contribution in [-0.2, 0) is 10.8 Å². The minimum absolute atomic E-state index is 0.0628. The van der Waals surface area contributed by atoms with Crippen molar-refractivity contribution in [3.8, 4) is 44.5 Å². The zero-order valence-corrected chi connectivity index (χ0v) is 33.6. The van der Waals surface area contributed by atoms with Crippen LogP contribution < -0.4 is 11.1 Å². The predicted octanol–water partition coefficient (Wildman–Crippen LogP) is 13.8. The van der Waals surface area contributed by atoms with E-state index in [1.165, 1.54) is 83.1 Å². The highest BCUT2D eigenvalue weighted by atomic mass is 15.0. The molecule has 2 unspecified atom stereocenters. The normalized spacial score (nSPS) is 15.5. The fourth-order valence-electron chi connectivity index (χ4n) is 9.79. The van der Waals surface area contributed by atoms with E-state index in [0.29, 0.717) is 0 Å². The van der Waals surface area contributed by atoms with Crippen LogP contribution in [0.15, 0.2) is 182 Å². The summed E-state index contributed by atoms with van der Waals surface area (Å²) < 4.78 is 0. The highest BCUT2D eigenvalue weighted by Crippen LogP contribution is 2.54. The van der Waals surface area contributed by atoms with Gasteiger partial charge >= 0.3 is 0 Å². The Bertz CT molecular complexity index is 2890. The lowest BCUT2D eigenvalue weighted by atomic mass is 9.81. The van der Waals surface area contributed by atoms with Gasteiger partial charge in [0.15, 0.2) is 0 Å². The second kappa shape index (κ2) is 14.0. The maximum atomic E-state index is 6.93. The standard InChI is InChI=1S/C56H48N2/c1-55(2)48-26-13-12-24-44(48)45-30-28-41(35-50(45)55)38-21-14-22-42(32-38)52(58-54(57)37-17-6-5-7-18-37)31-29-36-16-10-11-23-43(36)46-25-15-27-49-53(46)47-33-39-19-8-9-20-40(39)34-51(47)56(49,3)4/h5-35,52,54,58H,57H2,1-4H3/b31-29+. The van der Waals surface area contributed by atoms with Gasteiger partial charge in [-0.1, -0.05) is 192 Å². The van der Waals surface area contributed by atoms with Gasteiger partial charge < -0.3 is 5.73 Å². The largest absolute Gasteiger partial charge is 0.312 e. The van der Waals surface area contributed by atoms with Gasteiger partial charge in [0.1, 0.15) is 0 Å². The van der Waals surface area contributed by atoms with Crippen LogP contribution in [0, 0.1) is 0 Å². The molecule has 8 aromatic carbocycles. The number of benzene rings is 8. The molecular formula is C56H48N2. The lowest BCUT2D eigenvalue weighted by Crippen LogP contribution is -2.31. The summed E-state index contributed by atoms with van der Waals surface area (Å²) >= 11 is 0. The van der Waals surface area contributed by atoms with E-state index in [1.807, 2.05) is 18.2 Å². The Labute approximate surface area is 342 Å². The Balaban J connectivity index is 1.05. The predicted molar refractivity (Wildman–Crippen MR) is 245 cm³/mol. The van der Waals surface area contributed by atoms with E-state index >= 15 is 0 Å². The van der Waals surface area contributed by atoms with Gasteiger partial charge in [-0.25, -0.2) is 0 Å². The van der Waals surface area contributed by atoms with E-state index in [4.69, 9.17) is 5.73 Å². The maximum absolute atomic E-state index is 6.93. The summed E-state index contributed by atoms with van der Waals surface area (Å²) in [5.74, 6) is 0. The van der Waals surface area contributed by atoms with Crippen molar-refractivity contribution in [1.82, 2.24) is 5.32 Å². The SMILES string of the molecule is CC1(C)c2ccccc2-c2ccc(-c3cccc(C(/C=C/c4ccccc4-c4cccc5c4-c4cc6ccccc6cc4C5(C)C)NC(N)c4ccccc4)c3)cc21. The van der Waals surface area contributed by atoms with Crippen molar-refractivity contribution in [2.24, 2.45) is 5.73 Å². The quantitative estimate of drug-likeness (QED) is 0.152. The molecule has 10 rings (SSSR count). The lowest BCUT2D eigenvalue weighted by Gasteiger charge is -2.23. The van der Waals surface area contributed by atoms with Crippen LogP contribution in [0.25, 0.3) is 61.4 Å². The summed E-state index contributed by atoms with van der Waals surface area (Å²) in [4.78, 5) is 0. The highest BCUT2D eigenvalue weighted by molar-refractivity contribution is 5.99. The third-order valence-corrected chi connectivity index (χ3v) is 13.0. The Hall–Kier alpha value is -6.32. The zero-order valence-electron chi connectivity index (χ0n) is 33.6. The summed E-state index contributed by atoms with van der Waals surface area (Å²) in [6.07, 6.45) is 4.21. The van der Waals surface area contributed by atoms with Gasteiger partial charge in [0.05, 0.1) is 12.2 Å². The summed E-state index contributed by atoms with van der Waals surface area (Å²) in [5, 5.41) is 6.35. The van der Waals surface area contributed by atoms with Crippen LogP contribution in [-0.4, -0.2) is 0 Å². The summed E-state index contributed by atoms with van der Waals surface area (Å²) in [6.45, 7) is 9.42. The van der Waals surface area contributed by atoms with Crippen molar-refractivity contribution in [3.63, 3.8) is 0 Å². The smallest absolute Gasteiger partial charge is 0.0817 e. The van der Waals surface area contributed by atoms with Crippen molar-refractivity contribution in [2.45, 2.75) is 50.7 Å². The average Bonchev–Trinajstić information content (AvgIpc) is 3.63. The minimum Gasteiger partial charge on any atom is -0.312 e. The average molecular weight is 749 g/mol. The van der Waals surface area contributed by atoms with E-state index in [0.717, 1.165) is 11.1 Å². The van der Waals surface area contributed by atoms with Crippen molar-refractivity contribution >= 4 is 16.8 Å². The molecule has 0 saturated heterocycles. The van der Waals surface area contributed by atoms with Crippen LogP contribution in [0.3, 0.4) is 0 Å². The molecule has 2 nitrogen and oxygen atoms in total. The van der Waals surface area contributed by atoms with Gasteiger partial charge in [0.2, 0.25) is 0 Å². The minimum atomic E-state index is -0.361. The van der Waals surface area contributed by atoms with Crippen molar-refractivity contribution < 1.29 is 0 Å². The Morgan fingerprint density at radius 1 is 0.448 bits per heavy atom. The molecular weight excluding hydrogens is 701 g/mol. The first-order chi connectivity index (χ1) is 28.2. The number of rotatable bonds is 8. The Kier molecular flexibility index (Phi) is 8.67. The van der Waals surface area contributed by atoms with Crippen LogP contribution in [0.1, 0.15) is 78.8 Å². The summed E-state index contributed by atoms with van der Waals surface area (Å²) in [5.41, 5.74) is 25.9. The molecule has 0 bridgehead atoms. The zero-order chi connectivity index (χ0) is 39.6. The molecule has 2 aliphatic rings. The number of nitrogens with two attached hydrogens (primary N) is 1. The molecule has 8 aromatic rings. The van der Waals surface area contributed by atoms with Gasteiger partial charge in [0, 0.05) is 10.8 Å². The monoisotopic (exact) mass is 748 g/mol. The fraction of sp³-hybridized carbons (Fsp3) is 0.143. The summed E-state index contributed by atoms with van der Waals surface area (Å²) in [6, 6.07) is 64.1. The maximum Gasteiger partial charge on any atom is 0.0817 e. The highest BCUT2D eigenvalue weighted by Gasteiger charge is 2.38. The van der Waals surface area contributed by atoms with Crippen LogP contribution in [0.2, 0.25) is 0 Å². The summed E-state index contributed by atoms with van der Waals surface area (Å²) in [7, 11) is 0. The molecule has 0 radical (unpaired) electrons. The van der Waals surface area contributed by atoms with Crippen LogP contribution in [0.4, 0.5) is 0 Å². The molecule has 0 saturated carbocycles. The molecule has 3 N–H and O–H groups in total. The van der Waals surface area contributed by atoms with Crippen molar-refractivity contribution in [2.75, 3.05) is 0 Å². The number of hydrogen-bond donors (Lipinski definition) is 2. The molecule has 0 heterocycles. The first-order valence-corrected chi connectivity index (χ1v) is 20.5. The van der Waals surface area contributed by atoms with Gasteiger partial charge in [0.25, 0.3) is 0 Å². The molecule has 2 heteroatoms. The lowest BCUT2D eigenvalue weighted by molar-refractivity contribution is 0.509. The third kappa shape index (κ3) is 5.95. The van der Waals surface area contributed by atoms with E-state index in [9.17, 15) is 0 Å². The van der Waals surface area contributed by atoms with Crippen molar-refractivity contribution in [1.29, 1.82) is 0 Å². The number of nitrogens with one attached hydrogen (secondary N) is 1. The first-order valence-electron chi connectivity index (χ1n) is 20.5. The molecule has 58 heavy (non-hydrogen) atoms. The van der Waals surface area contributed by atoms with Crippen LogP contribution in [0.5, 0.6) is 0 Å². The molecule has 282 valence electrons. The second-order valence-corrected chi connectivity index (χ2v) is 17.1. The number of fused-ring (bicyclic) bond motifs is 7. The molecule has 0 spiro atoms. The van der Waals surface area contributed by atoms with E-state index in [1.54, 1.807) is 0 Å². The Morgan fingerprint density at radius 3 is 1.86 bits per heavy atom. The second-order valence-electron chi connectivity index (χ2n) is 17.1. The Morgan fingerprint density at radius 2 is 1.03 bits per heavy atom. The molecule has 0 aliphatic heterocycles. The molecule has 0 amide bonds. The van der Waals surface area contributed by atoms with E-state index in [2.05, 4.69) is 203 Å². The van der Waals surface area contributed by atoms with Crippen LogP contribution >= 0.6 is 0 Å². The van der Waals surface area contributed by atoms with Gasteiger partial charge in [-0.15, -0.1) is 0 Å².